The number of rotatable bonds is 5. The largest absolute Gasteiger partial charge is 0.309 e. The van der Waals surface area contributed by atoms with E-state index in [9.17, 15) is 9.59 Å². The minimum atomic E-state index is -0.0678. The summed E-state index contributed by atoms with van der Waals surface area (Å²) < 4.78 is 1.78. The first-order valence-corrected chi connectivity index (χ1v) is 9.06. The van der Waals surface area contributed by atoms with Crippen molar-refractivity contribution in [1.29, 1.82) is 0 Å². The van der Waals surface area contributed by atoms with Crippen molar-refractivity contribution in [2.75, 3.05) is 0 Å². The highest BCUT2D eigenvalue weighted by Gasteiger charge is 2.27. The molecule has 0 atom stereocenters. The van der Waals surface area contributed by atoms with Crippen LogP contribution in [0.15, 0.2) is 66.0 Å². The molecule has 0 unspecified atom stereocenters. The van der Waals surface area contributed by atoms with Gasteiger partial charge in [-0.25, -0.2) is 0 Å². The normalized spacial score (nSPS) is 13.7. The van der Waals surface area contributed by atoms with E-state index >= 15 is 0 Å². The first-order chi connectivity index (χ1) is 12.6. The zero-order valence-corrected chi connectivity index (χ0v) is 14.9. The van der Waals surface area contributed by atoms with Crippen LogP contribution in [0.3, 0.4) is 0 Å². The molecule has 1 fully saturated rings. The van der Waals surface area contributed by atoms with Gasteiger partial charge in [-0.3, -0.25) is 9.59 Å². The molecule has 1 aliphatic rings. The van der Waals surface area contributed by atoms with Crippen LogP contribution in [-0.4, -0.2) is 10.4 Å². The summed E-state index contributed by atoms with van der Waals surface area (Å²) in [6, 6.07) is 16.9. The monoisotopic (exact) mass is 343 g/mol. The van der Waals surface area contributed by atoms with Gasteiger partial charge in [0.25, 0.3) is 5.56 Å². The maximum atomic E-state index is 12.7. The number of aromatic nitrogens is 1. The molecule has 3 aromatic rings. The summed E-state index contributed by atoms with van der Waals surface area (Å²) >= 11 is 0. The van der Waals surface area contributed by atoms with Gasteiger partial charge in [0.15, 0.2) is 5.78 Å². The molecule has 2 aromatic carbocycles. The van der Waals surface area contributed by atoms with Gasteiger partial charge >= 0.3 is 0 Å². The summed E-state index contributed by atoms with van der Waals surface area (Å²) in [5.41, 5.74) is 4.03. The van der Waals surface area contributed by atoms with Crippen LogP contribution in [0.25, 0.3) is 16.5 Å². The molecule has 3 heteroatoms. The average Bonchev–Trinajstić information content (AvgIpc) is 3.52. The van der Waals surface area contributed by atoms with E-state index < -0.39 is 0 Å². The van der Waals surface area contributed by atoms with E-state index in [1.165, 1.54) is 0 Å². The Morgan fingerprint density at radius 1 is 1.08 bits per heavy atom. The van der Waals surface area contributed by atoms with Crippen molar-refractivity contribution in [3.8, 4) is 0 Å². The lowest BCUT2D eigenvalue weighted by molar-refractivity contribution is 0.105. The van der Waals surface area contributed by atoms with Crippen molar-refractivity contribution in [1.82, 2.24) is 4.57 Å². The Kier molecular flexibility index (Phi) is 4.08. The number of hydrogen-bond acceptors (Lipinski definition) is 2. The number of hydrogen-bond donors (Lipinski definition) is 0. The maximum absolute atomic E-state index is 12.7. The van der Waals surface area contributed by atoms with Crippen molar-refractivity contribution in [3.63, 3.8) is 0 Å². The van der Waals surface area contributed by atoms with E-state index in [1.54, 1.807) is 22.8 Å². The Morgan fingerprint density at radius 3 is 2.46 bits per heavy atom. The number of allylic oxidation sites excluding steroid dienone is 1. The molecule has 0 spiro atoms. The molecule has 1 heterocycles. The van der Waals surface area contributed by atoms with Gasteiger partial charge in [-0.05, 0) is 48.9 Å². The zero-order valence-electron chi connectivity index (χ0n) is 14.9. The van der Waals surface area contributed by atoms with E-state index in [2.05, 4.69) is 6.58 Å². The summed E-state index contributed by atoms with van der Waals surface area (Å²) in [7, 11) is 0. The molecule has 130 valence electrons. The first-order valence-electron chi connectivity index (χ1n) is 9.06. The van der Waals surface area contributed by atoms with Gasteiger partial charge < -0.3 is 4.57 Å². The quantitative estimate of drug-likeness (QED) is 0.493. The summed E-state index contributed by atoms with van der Waals surface area (Å²) in [5, 5.41) is 1.06. The van der Waals surface area contributed by atoms with Crippen LogP contribution >= 0.6 is 0 Å². The molecular formula is C23H21NO2. The molecule has 0 bridgehead atoms. The number of Topliss-reactive ketones (excluding diaryl/α,β-unsaturated/α-hetero) is 1. The topological polar surface area (TPSA) is 39.1 Å². The molecule has 1 saturated carbocycles. The second-order valence-corrected chi connectivity index (χ2v) is 6.86. The first kappa shape index (κ1) is 16.5. The molecule has 1 aliphatic carbocycles. The third kappa shape index (κ3) is 2.80. The highest BCUT2D eigenvalue weighted by molar-refractivity contribution is 6.28. The number of pyridine rings is 1. The van der Waals surface area contributed by atoms with Crippen molar-refractivity contribution in [2.24, 2.45) is 0 Å². The molecule has 0 aliphatic heterocycles. The summed E-state index contributed by atoms with van der Waals surface area (Å²) in [5.74, 6) is 0.395. The number of carbonyl (C=O) groups is 1. The number of carbonyl (C=O) groups excluding carboxylic acids is 1. The van der Waals surface area contributed by atoms with E-state index in [0.717, 1.165) is 34.9 Å². The molecule has 0 radical (unpaired) electrons. The SMILES string of the molecule is C=C(C(=O)c1ccccc1)c1ccc2c(c1)c(C1CC1)cc(=O)n2CC. The Labute approximate surface area is 152 Å². The van der Waals surface area contributed by atoms with Crippen molar-refractivity contribution < 1.29 is 4.79 Å². The second-order valence-electron chi connectivity index (χ2n) is 6.86. The van der Waals surface area contributed by atoms with Gasteiger partial charge in [-0.1, -0.05) is 43.0 Å². The zero-order chi connectivity index (χ0) is 18.3. The Hall–Kier alpha value is -2.94. The van der Waals surface area contributed by atoms with Gasteiger partial charge in [-0.15, -0.1) is 0 Å². The highest BCUT2D eigenvalue weighted by Crippen LogP contribution is 2.43. The number of ketones is 1. The minimum absolute atomic E-state index is 0.0499. The minimum Gasteiger partial charge on any atom is -0.309 e. The number of fused-ring (bicyclic) bond motifs is 1. The predicted molar refractivity (Wildman–Crippen MR) is 106 cm³/mol. The van der Waals surface area contributed by atoms with Crippen molar-refractivity contribution in [3.05, 3.63) is 88.2 Å². The lowest BCUT2D eigenvalue weighted by atomic mass is 9.95. The average molecular weight is 343 g/mol. The van der Waals surface area contributed by atoms with Crippen LogP contribution in [0.1, 0.15) is 47.2 Å². The molecule has 0 N–H and O–H groups in total. The van der Waals surface area contributed by atoms with Crippen LogP contribution in [0.2, 0.25) is 0 Å². The summed E-state index contributed by atoms with van der Waals surface area (Å²) in [4.78, 5) is 25.2. The van der Waals surface area contributed by atoms with Gasteiger partial charge in [0.2, 0.25) is 0 Å². The van der Waals surface area contributed by atoms with Gasteiger partial charge in [-0.2, -0.15) is 0 Å². The molecular weight excluding hydrogens is 322 g/mol. The fourth-order valence-electron chi connectivity index (χ4n) is 3.55. The van der Waals surface area contributed by atoms with Gasteiger partial charge in [0.05, 0.1) is 5.52 Å². The van der Waals surface area contributed by atoms with Crippen LogP contribution < -0.4 is 5.56 Å². The third-order valence-corrected chi connectivity index (χ3v) is 5.14. The summed E-state index contributed by atoms with van der Waals surface area (Å²) in [6.07, 6.45) is 2.25. The van der Waals surface area contributed by atoms with Crippen molar-refractivity contribution >= 4 is 22.3 Å². The van der Waals surface area contributed by atoms with E-state index in [0.29, 0.717) is 23.6 Å². The Balaban J connectivity index is 1.84. The molecule has 4 rings (SSSR count). The Morgan fingerprint density at radius 2 is 1.81 bits per heavy atom. The smallest absolute Gasteiger partial charge is 0.251 e. The molecule has 1 aromatic heterocycles. The fraction of sp³-hybridized carbons (Fsp3) is 0.217. The number of nitrogens with zero attached hydrogens (tertiary/aromatic N) is 1. The van der Waals surface area contributed by atoms with Gasteiger partial charge in [0.1, 0.15) is 0 Å². The fourth-order valence-corrected chi connectivity index (χ4v) is 3.55. The van der Waals surface area contributed by atoms with Crippen LogP contribution in [-0.2, 0) is 6.54 Å². The summed E-state index contributed by atoms with van der Waals surface area (Å²) in [6.45, 7) is 6.64. The van der Waals surface area contributed by atoms with Gasteiger partial charge in [0, 0.05) is 29.1 Å². The highest BCUT2D eigenvalue weighted by atomic mass is 16.1. The molecule has 0 amide bonds. The van der Waals surface area contributed by atoms with Crippen LogP contribution in [0.5, 0.6) is 0 Å². The van der Waals surface area contributed by atoms with E-state index in [1.807, 2.05) is 43.3 Å². The number of aryl methyl sites for hydroxylation is 1. The predicted octanol–water partition coefficient (Wildman–Crippen LogP) is 4.79. The van der Waals surface area contributed by atoms with Crippen LogP contribution in [0.4, 0.5) is 0 Å². The molecule has 26 heavy (non-hydrogen) atoms. The third-order valence-electron chi connectivity index (χ3n) is 5.14. The number of benzene rings is 2. The lowest BCUT2D eigenvalue weighted by Crippen LogP contribution is -2.19. The van der Waals surface area contributed by atoms with E-state index in [4.69, 9.17) is 0 Å². The lowest BCUT2D eigenvalue weighted by Gasteiger charge is -2.14. The van der Waals surface area contributed by atoms with E-state index in [-0.39, 0.29) is 11.3 Å². The van der Waals surface area contributed by atoms with Crippen molar-refractivity contribution in [2.45, 2.75) is 32.2 Å². The molecule has 3 nitrogen and oxygen atoms in total. The second kappa shape index (κ2) is 6.41. The maximum Gasteiger partial charge on any atom is 0.251 e. The van der Waals surface area contributed by atoms with Crippen LogP contribution in [0, 0.1) is 0 Å². The Bertz CT molecular complexity index is 1070. The molecule has 0 saturated heterocycles. The standard InChI is InChI=1S/C23H21NO2/c1-3-24-21-12-11-18(15(2)23(26)17-7-5-4-6-8-17)13-20(21)19(14-22(24)25)16-9-10-16/h4-8,11-14,16H,2-3,9-10H2,1H3.